The summed E-state index contributed by atoms with van der Waals surface area (Å²) in [5, 5.41) is 8.41. The monoisotopic (exact) mass is 324 g/mol. The maximum Gasteiger partial charge on any atom is 0.248 e. The van der Waals surface area contributed by atoms with Gasteiger partial charge in [-0.05, 0) is 42.7 Å². The summed E-state index contributed by atoms with van der Waals surface area (Å²) in [7, 11) is 0. The highest BCUT2D eigenvalue weighted by molar-refractivity contribution is 5.98. The Balaban J connectivity index is 1.52. The number of benzene rings is 1. The summed E-state index contributed by atoms with van der Waals surface area (Å²) in [6, 6.07) is 13.1. The molecule has 1 aromatic carbocycles. The predicted molar refractivity (Wildman–Crippen MR) is 91.5 cm³/mol. The minimum atomic E-state index is -0.532. The molecular weight excluding hydrogens is 304 g/mol. The molecule has 124 valence electrons. The van der Waals surface area contributed by atoms with Crippen molar-refractivity contribution in [2.24, 2.45) is 0 Å². The number of nitrogens with one attached hydrogen (secondary N) is 3. The second-order valence-corrected chi connectivity index (χ2v) is 5.76. The molecule has 2 aromatic rings. The number of carbonyl (C=O) groups excluding carboxylic acids is 2. The average Bonchev–Trinajstić information content (AvgIpc) is 2.62. The van der Waals surface area contributed by atoms with Gasteiger partial charge in [0.1, 0.15) is 6.04 Å². The SMILES string of the molecule is O=C1CNCC(C(=O)Nc2ccc(CCc3ccccn3)cc2)N1. The van der Waals surface area contributed by atoms with Crippen LogP contribution in [0.2, 0.25) is 0 Å². The predicted octanol–water partition coefficient (Wildman–Crippen LogP) is 0.893. The first kappa shape index (κ1) is 16.1. The van der Waals surface area contributed by atoms with Gasteiger partial charge >= 0.3 is 0 Å². The van der Waals surface area contributed by atoms with Crippen molar-refractivity contribution in [1.29, 1.82) is 0 Å². The van der Waals surface area contributed by atoms with Gasteiger partial charge in [-0.15, -0.1) is 0 Å². The minimum absolute atomic E-state index is 0.161. The number of carbonyl (C=O) groups is 2. The van der Waals surface area contributed by atoms with Crippen LogP contribution in [0.25, 0.3) is 0 Å². The molecular formula is C18H20N4O2. The fraction of sp³-hybridized carbons (Fsp3) is 0.278. The van der Waals surface area contributed by atoms with Crippen molar-refractivity contribution >= 4 is 17.5 Å². The molecule has 24 heavy (non-hydrogen) atoms. The lowest BCUT2D eigenvalue weighted by molar-refractivity contribution is -0.127. The fourth-order valence-electron chi connectivity index (χ4n) is 2.59. The van der Waals surface area contributed by atoms with E-state index in [1.807, 2.05) is 42.5 Å². The molecule has 2 amide bonds. The number of nitrogens with zero attached hydrogens (tertiary/aromatic N) is 1. The first-order valence-electron chi connectivity index (χ1n) is 8.00. The Bertz CT molecular complexity index is 701. The van der Waals surface area contributed by atoms with E-state index in [-0.39, 0.29) is 18.4 Å². The Hall–Kier alpha value is -2.73. The number of aryl methyl sites for hydroxylation is 2. The fourth-order valence-corrected chi connectivity index (χ4v) is 2.59. The van der Waals surface area contributed by atoms with Crippen LogP contribution in [-0.4, -0.2) is 35.9 Å². The number of rotatable bonds is 5. The molecule has 6 heteroatoms. The van der Waals surface area contributed by atoms with E-state index in [1.54, 1.807) is 6.20 Å². The summed E-state index contributed by atoms with van der Waals surface area (Å²) in [5.41, 5.74) is 2.98. The topological polar surface area (TPSA) is 83.1 Å². The summed E-state index contributed by atoms with van der Waals surface area (Å²) < 4.78 is 0. The van der Waals surface area contributed by atoms with Crippen LogP contribution in [0, 0.1) is 0 Å². The highest BCUT2D eigenvalue weighted by Gasteiger charge is 2.24. The van der Waals surface area contributed by atoms with Gasteiger partial charge in [0, 0.05) is 24.1 Å². The van der Waals surface area contributed by atoms with E-state index in [1.165, 1.54) is 5.56 Å². The molecule has 0 aliphatic carbocycles. The third-order valence-electron chi connectivity index (χ3n) is 3.90. The molecule has 3 rings (SSSR count). The van der Waals surface area contributed by atoms with Crippen LogP contribution < -0.4 is 16.0 Å². The second-order valence-electron chi connectivity index (χ2n) is 5.76. The number of pyridine rings is 1. The summed E-state index contributed by atoms with van der Waals surface area (Å²) in [6.45, 7) is 0.703. The van der Waals surface area contributed by atoms with Gasteiger partial charge in [0.25, 0.3) is 0 Å². The van der Waals surface area contributed by atoms with Crippen LogP contribution in [-0.2, 0) is 22.4 Å². The van der Waals surface area contributed by atoms with Gasteiger partial charge in [0.15, 0.2) is 0 Å². The Labute approximate surface area is 140 Å². The van der Waals surface area contributed by atoms with Crippen molar-refractivity contribution in [3.8, 4) is 0 Å². The van der Waals surface area contributed by atoms with E-state index < -0.39 is 6.04 Å². The zero-order valence-electron chi connectivity index (χ0n) is 13.3. The van der Waals surface area contributed by atoms with Gasteiger partial charge in [-0.2, -0.15) is 0 Å². The summed E-state index contributed by atoms with van der Waals surface area (Å²) in [4.78, 5) is 27.8. The summed E-state index contributed by atoms with van der Waals surface area (Å²) in [6.07, 6.45) is 3.58. The van der Waals surface area contributed by atoms with E-state index in [4.69, 9.17) is 0 Å². The van der Waals surface area contributed by atoms with Crippen LogP contribution in [0.5, 0.6) is 0 Å². The van der Waals surface area contributed by atoms with Crippen molar-refractivity contribution in [2.75, 3.05) is 18.4 Å². The number of hydrogen-bond donors (Lipinski definition) is 3. The largest absolute Gasteiger partial charge is 0.342 e. The Morgan fingerprint density at radius 1 is 1.17 bits per heavy atom. The lowest BCUT2D eigenvalue weighted by atomic mass is 10.1. The highest BCUT2D eigenvalue weighted by Crippen LogP contribution is 2.12. The number of piperazine rings is 1. The van der Waals surface area contributed by atoms with Crippen molar-refractivity contribution in [3.63, 3.8) is 0 Å². The molecule has 1 unspecified atom stereocenters. The van der Waals surface area contributed by atoms with Gasteiger partial charge in [0.05, 0.1) is 6.54 Å². The second kappa shape index (κ2) is 7.70. The summed E-state index contributed by atoms with van der Waals surface area (Å²) >= 11 is 0. The molecule has 1 saturated heterocycles. The Morgan fingerprint density at radius 3 is 2.71 bits per heavy atom. The summed E-state index contributed by atoms with van der Waals surface area (Å²) in [5.74, 6) is -0.372. The van der Waals surface area contributed by atoms with Crippen molar-refractivity contribution in [1.82, 2.24) is 15.6 Å². The molecule has 1 atom stereocenters. The maximum atomic E-state index is 12.1. The third-order valence-corrected chi connectivity index (χ3v) is 3.90. The average molecular weight is 324 g/mol. The smallest absolute Gasteiger partial charge is 0.248 e. The van der Waals surface area contributed by atoms with Gasteiger partial charge in [0.2, 0.25) is 11.8 Å². The molecule has 1 aliphatic heterocycles. The molecule has 1 aromatic heterocycles. The first-order valence-corrected chi connectivity index (χ1v) is 8.00. The van der Waals surface area contributed by atoms with Gasteiger partial charge in [-0.25, -0.2) is 0 Å². The molecule has 1 aliphatic rings. The number of hydrogen-bond acceptors (Lipinski definition) is 4. The van der Waals surface area contributed by atoms with Crippen LogP contribution in [0.15, 0.2) is 48.7 Å². The molecule has 3 N–H and O–H groups in total. The van der Waals surface area contributed by atoms with Crippen LogP contribution in [0.1, 0.15) is 11.3 Å². The van der Waals surface area contributed by atoms with E-state index in [0.29, 0.717) is 6.54 Å². The number of amides is 2. The maximum absolute atomic E-state index is 12.1. The van der Waals surface area contributed by atoms with E-state index in [9.17, 15) is 9.59 Å². The Morgan fingerprint density at radius 2 is 2.00 bits per heavy atom. The molecule has 0 bridgehead atoms. The zero-order chi connectivity index (χ0) is 16.8. The molecule has 1 fully saturated rings. The molecule has 2 heterocycles. The zero-order valence-corrected chi connectivity index (χ0v) is 13.3. The van der Waals surface area contributed by atoms with E-state index >= 15 is 0 Å². The van der Waals surface area contributed by atoms with Crippen LogP contribution >= 0.6 is 0 Å². The van der Waals surface area contributed by atoms with Crippen molar-refractivity contribution in [3.05, 3.63) is 59.9 Å². The van der Waals surface area contributed by atoms with Crippen LogP contribution in [0.3, 0.4) is 0 Å². The quantitative estimate of drug-likeness (QED) is 0.763. The van der Waals surface area contributed by atoms with Crippen LogP contribution in [0.4, 0.5) is 5.69 Å². The molecule has 0 radical (unpaired) electrons. The minimum Gasteiger partial charge on any atom is -0.342 e. The molecule has 0 saturated carbocycles. The number of aromatic nitrogens is 1. The van der Waals surface area contributed by atoms with Crippen molar-refractivity contribution < 1.29 is 9.59 Å². The van der Waals surface area contributed by atoms with Gasteiger partial charge in [-0.3, -0.25) is 14.6 Å². The van der Waals surface area contributed by atoms with E-state index in [2.05, 4.69) is 20.9 Å². The molecule has 6 nitrogen and oxygen atoms in total. The number of anilines is 1. The lowest BCUT2D eigenvalue weighted by Gasteiger charge is -2.23. The lowest BCUT2D eigenvalue weighted by Crippen LogP contribution is -2.57. The van der Waals surface area contributed by atoms with E-state index in [0.717, 1.165) is 24.2 Å². The molecule has 0 spiro atoms. The first-order chi connectivity index (χ1) is 11.7. The standard InChI is InChI=1S/C18H20N4O2/c23-17-12-19-11-16(22-17)18(24)21-15-8-5-13(6-9-15)4-7-14-3-1-2-10-20-14/h1-3,5-6,8-10,16,19H,4,7,11-12H2,(H,21,24)(H,22,23). The Kier molecular flexibility index (Phi) is 5.18. The van der Waals surface area contributed by atoms with Gasteiger partial charge in [-0.1, -0.05) is 18.2 Å². The van der Waals surface area contributed by atoms with Gasteiger partial charge < -0.3 is 16.0 Å². The highest BCUT2D eigenvalue weighted by atomic mass is 16.2. The van der Waals surface area contributed by atoms with Crippen molar-refractivity contribution in [2.45, 2.75) is 18.9 Å². The normalized spacial score (nSPS) is 17.2. The third kappa shape index (κ3) is 4.39.